The standard InChI is InChI=1S/2C19H22O.C18H20O.C17H18O.C13H10O/c1-13(2)16-11-8-12-17(18(16)14(3)4)19(20)15-9-6-5-7-10-15;1-4-9-17-16(14(2)3)12-8-13-18(17)19(20)15-10-6-5-7-11-15;1-4-15-16(13(2)3)11-8-12-17(15)18(19)14-9-6-5-7-10-14;1-12(2)15-10-7-11-16(13(15)3)17(18)14-8-5-4-6-9-14;14-13(11-7-3-1-4-8-11)12-9-5-2-6-10-12/h5-14H,1-4H3;5-8,10-14H,4,9H2,1-3H3;5-13H,4H2,1-3H3;4-12H,1-3H3;1-10H. The van der Waals surface area contributed by atoms with Crippen LogP contribution in [0.5, 0.6) is 0 Å². The molecule has 0 spiro atoms. The smallest absolute Gasteiger partial charge is 0.193 e. The predicted octanol–water partition coefficient (Wildman–Crippen LogP) is 22.0. The Morgan fingerprint density at radius 3 is 0.846 bits per heavy atom. The molecular weight excluding hydrogens is 1110 g/mol. The lowest BCUT2D eigenvalue weighted by atomic mass is 9.84. The number of carbonyl (C=O) groups excluding carboxylic acids is 5. The molecule has 0 aromatic heterocycles. The first kappa shape index (κ1) is 70.6. The minimum atomic E-state index is 0.0752. The highest BCUT2D eigenvalue weighted by Crippen LogP contribution is 2.32. The van der Waals surface area contributed by atoms with Gasteiger partial charge in [-0.05, 0) is 93.9 Å². The summed E-state index contributed by atoms with van der Waals surface area (Å²) in [5.74, 6) is 2.66. The van der Waals surface area contributed by atoms with Crippen LogP contribution >= 0.6 is 0 Å². The molecule has 0 aliphatic carbocycles. The largest absolute Gasteiger partial charge is 0.289 e. The van der Waals surface area contributed by atoms with Crippen molar-refractivity contribution < 1.29 is 24.0 Å². The Kier molecular flexibility index (Phi) is 27.7. The van der Waals surface area contributed by atoms with Crippen molar-refractivity contribution in [1.82, 2.24) is 0 Å². The Labute approximate surface area is 543 Å². The predicted molar refractivity (Wildman–Crippen MR) is 380 cm³/mol. The van der Waals surface area contributed by atoms with Crippen molar-refractivity contribution in [3.05, 3.63) is 355 Å². The van der Waals surface area contributed by atoms with Crippen molar-refractivity contribution >= 4 is 28.9 Å². The van der Waals surface area contributed by atoms with E-state index in [9.17, 15) is 24.0 Å². The molecule has 0 atom stereocenters. The highest BCUT2D eigenvalue weighted by molar-refractivity contribution is 6.12. The summed E-state index contributed by atoms with van der Waals surface area (Å²) >= 11 is 0. The Morgan fingerprint density at radius 1 is 0.264 bits per heavy atom. The van der Waals surface area contributed by atoms with Crippen LogP contribution in [0.3, 0.4) is 0 Å². The average Bonchev–Trinajstić information content (AvgIpc) is 1.20. The first-order valence-electron chi connectivity index (χ1n) is 32.3. The van der Waals surface area contributed by atoms with Gasteiger partial charge in [-0.1, -0.05) is 344 Å². The van der Waals surface area contributed by atoms with Gasteiger partial charge in [0.1, 0.15) is 0 Å². The van der Waals surface area contributed by atoms with E-state index < -0.39 is 0 Å². The molecule has 10 aromatic carbocycles. The van der Waals surface area contributed by atoms with Gasteiger partial charge in [0.2, 0.25) is 0 Å². The zero-order valence-electron chi connectivity index (χ0n) is 55.8. The SMILES string of the molecule is CC(C)c1cccc(C(=O)c2ccccc2)c1C(C)C.CCCc1c(C(=O)c2ccccc2)cccc1C(C)C.CCc1c(C(=O)c2ccccc2)cccc1C(C)C.Cc1c(C(=O)c2ccccc2)cccc1C(C)C.O=C(c1ccccc1)c1ccccc1. The van der Waals surface area contributed by atoms with Crippen LogP contribution in [0.4, 0.5) is 0 Å². The van der Waals surface area contributed by atoms with Crippen molar-refractivity contribution in [3.63, 3.8) is 0 Å². The molecule has 0 aliphatic rings. The van der Waals surface area contributed by atoms with Gasteiger partial charge in [0.15, 0.2) is 28.9 Å². The van der Waals surface area contributed by atoms with Crippen LogP contribution in [-0.4, -0.2) is 28.9 Å². The monoisotopic (exact) mass is 1200 g/mol. The molecule has 0 unspecified atom stereocenters. The van der Waals surface area contributed by atoms with Crippen molar-refractivity contribution in [3.8, 4) is 0 Å². The van der Waals surface area contributed by atoms with E-state index >= 15 is 0 Å². The van der Waals surface area contributed by atoms with Gasteiger partial charge in [0.25, 0.3) is 0 Å². The van der Waals surface area contributed by atoms with Gasteiger partial charge in [-0.25, -0.2) is 0 Å². The minimum Gasteiger partial charge on any atom is -0.289 e. The van der Waals surface area contributed by atoms with Crippen LogP contribution in [0.25, 0.3) is 0 Å². The third-order valence-corrected chi connectivity index (χ3v) is 16.1. The second kappa shape index (κ2) is 35.7. The molecule has 0 bridgehead atoms. The second-order valence-electron chi connectivity index (χ2n) is 24.3. The van der Waals surface area contributed by atoms with E-state index in [2.05, 4.69) is 107 Å². The Hall–Kier alpha value is -9.45. The number of ketones is 5. The van der Waals surface area contributed by atoms with Crippen LogP contribution in [0.15, 0.2) is 255 Å². The third-order valence-electron chi connectivity index (χ3n) is 16.1. The van der Waals surface area contributed by atoms with Crippen LogP contribution < -0.4 is 0 Å². The first-order valence-corrected chi connectivity index (χ1v) is 32.3. The molecule has 91 heavy (non-hydrogen) atoms. The molecule has 0 amide bonds. The van der Waals surface area contributed by atoms with E-state index in [1.54, 1.807) is 0 Å². The van der Waals surface area contributed by atoms with E-state index in [0.717, 1.165) is 80.5 Å². The lowest BCUT2D eigenvalue weighted by Gasteiger charge is -2.19. The average molecular weight is 1210 g/mol. The van der Waals surface area contributed by atoms with Crippen molar-refractivity contribution in [2.75, 3.05) is 0 Å². The fraction of sp³-hybridized carbons (Fsp3) is 0.244. The normalized spacial score (nSPS) is 10.7. The Balaban J connectivity index is 0.000000182. The second-order valence-corrected chi connectivity index (χ2v) is 24.3. The molecule has 0 radical (unpaired) electrons. The van der Waals surface area contributed by atoms with Crippen LogP contribution in [0.2, 0.25) is 0 Å². The summed E-state index contributed by atoms with van der Waals surface area (Å²) in [5.41, 5.74) is 17.7. The summed E-state index contributed by atoms with van der Waals surface area (Å²) < 4.78 is 0. The van der Waals surface area contributed by atoms with Crippen molar-refractivity contribution in [1.29, 1.82) is 0 Å². The van der Waals surface area contributed by atoms with Crippen LogP contribution in [-0.2, 0) is 12.8 Å². The maximum atomic E-state index is 12.7. The van der Waals surface area contributed by atoms with Gasteiger partial charge < -0.3 is 0 Å². The number of benzene rings is 10. The molecule has 10 aromatic rings. The molecule has 466 valence electrons. The van der Waals surface area contributed by atoms with Gasteiger partial charge in [0, 0.05) is 55.6 Å². The molecule has 0 fully saturated rings. The molecule has 5 heteroatoms. The van der Waals surface area contributed by atoms with Gasteiger partial charge in [-0.3, -0.25) is 24.0 Å². The molecule has 0 saturated carbocycles. The maximum absolute atomic E-state index is 12.7. The summed E-state index contributed by atoms with van der Waals surface area (Å²) in [6.07, 6.45) is 2.91. The van der Waals surface area contributed by atoms with Gasteiger partial charge in [-0.2, -0.15) is 0 Å². The summed E-state index contributed by atoms with van der Waals surface area (Å²) in [6.45, 7) is 28.0. The summed E-state index contributed by atoms with van der Waals surface area (Å²) in [6, 6.07) is 80.9. The molecule has 0 aliphatic heterocycles. The highest BCUT2D eigenvalue weighted by Gasteiger charge is 2.22. The minimum absolute atomic E-state index is 0.0752. The molecule has 0 N–H and O–H groups in total. The number of carbonyl (C=O) groups is 5. The van der Waals surface area contributed by atoms with Crippen molar-refractivity contribution in [2.24, 2.45) is 0 Å². The molecule has 0 heterocycles. The summed E-state index contributed by atoms with van der Waals surface area (Å²) in [7, 11) is 0. The van der Waals surface area contributed by atoms with Gasteiger partial charge >= 0.3 is 0 Å². The fourth-order valence-electron chi connectivity index (χ4n) is 11.4. The lowest BCUT2D eigenvalue weighted by Crippen LogP contribution is -2.10. The fourth-order valence-corrected chi connectivity index (χ4v) is 11.4. The van der Waals surface area contributed by atoms with E-state index in [1.165, 1.54) is 38.9 Å². The van der Waals surface area contributed by atoms with Crippen LogP contribution in [0, 0.1) is 6.92 Å². The lowest BCUT2D eigenvalue weighted by molar-refractivity contribution is 0.103. The zero-order chi connectivity index (χ0) is 66.0. The summed E-state index contributed by atoms with van der Waals surface area (Å²) in [4.78, 5) is 62.4. The number of hydrogen-bond donors (Lipinski definition) is 0. The quantitative estimate of drug-likeness (QED) is 0.0799. The van der Waals surface area contributed by atoms with E-state index in [0.29, 0.717) is 29.6 Å². The zero-order valence-corrected chi connectivity index (χ0v) is 55.8. The Morgan fingerprint density at radius 2 is 0.527 bits per heavy atom. The van der Waals surface area contributed by atoms with E-state index in [-0.39, 0.29) is 28.9 Å². The topological polar surface area (TPSA) is 85.3 Å². The third kappa shape index (κ3) is 19.5. The molecule has 0 saturated heterocycles. The molecule has 5 nitrogen and oxygen atoms in total. The van der Waals surface area contributed by atoms with Crippen LogP contribution in [0.1, 0.15) is 243 Å². The summed E-state index contributed by atoms with van der Waals surface area (Å²) in [5, 5.41) is 0. The van der Waals surface area contributed by atoms with Crippen molar-refractivity contribution in [2.45, 2.75) is 139 Å². The molecular formula is C86H92O5. The first-order chi connectivity index (χ1) is 43.8. The maximum Gasteiger partial charge on any atom is 0.193 e. The number of rotatable bonds is 18. The van der Waals surface area contributed by atoms with Gasteiger partial charge in [0.05, 0.1) is 0 Å². The highest BCUT2D eigenvalue weighted by atomic mass is 16.1. The Bertz CT molecular complexity index is 3880. The number of hydrogen-bond acceptors (Lipinski definition) is 5. The van der Waals surface area contributed by atoms with Gasteiger partial charge in [-0.15, -0.1) is 0 Å². The molecule has 10 rings (SSSR count). The van der Waals surface area contributed by atoms with E-state index in [4.69, 9.17) is 0 Å². The van der Waals surface area contributed by atoms with E-state index in [1.807, 2.05) is 237 Å².